The molecule has 0 atom stereocenters. The van der Waals surface area contributed by atoms with E-state index in [4.69, 9.17) is 10.8 Å². The van der Waals surface area contributed by atoms with Gasteiger partial charge in [0.2, 0.25) is 0 Å². The van der Waals surface area contributed by atoms with Gasteiger partial charge in [0.05, 0.1) is 11.4 Å². The topological polar surface area (TPSA) is 43.8 Å². The summed E-state index contributed by atoms with van der Waals surface area (Å²) in [7, 11) is 0. The number of hydrogen-bond donors (Lipinski definition) is 1. The van der Waals surface area contributed by atoms with Crippen molar-refractivity contribution in [1.82, 2.24) is 9.78 Å². The van der Waals surface area contributed by atoms with Gasteiger partial charge in [-0.1, -0.05) is 50.3 Å². The van der Waals surface area contributed by atoms with Crippen molar-refractivity contribution in [3.05, 3.63) is 41.6 Å². The highest BCUT2D eigenvalue weighted by atomic mass is 15.3. The Morgan fingerprint density at radius 3 is 2.29 bits per heavy atom. The van der Waals surface area contributed by atoms with Crippen LogP contribution in [0.25, 0.3) is 5.69 Å². The molecule has 3 heteroatoms. The lowest BCUT2D eigenvalue weighted by molar-refractivity contribution is 0.447. The van der Waals surface area contributed by atoms with Crippen molar-refractivity contribution in [3.8, 4) is 5.69 Å². The van der Waals surface area contributed by atoms with Crippen molar-refractivity contribution in [3.63, 3.8) is 0 Å². The quantitative estimate of drug-likeness (QED) is 0.876. The lowest BCUT2D eigenvalue weighted by Gasteiger charge is -2.18. The Balaban J connectivity index is 1.92. The van der Waals surface area contributed by atoms with Gasteiger partial charge in [-0.05, 0) is 31.9 Å². The van der Waals surface area contributed by atoms with Crippen LogP contribution in [-0.2, 0) is 0 Å². The molecule has 1 heterocycles. The Bertz CT molecular complexity index is 578. The van der Waals surface area contributed by atoms with E-state index in [2.05, 4.69) is 19.1 Å². The normalized spacial score (nSPS) is 17.4. The van der Waals surface area contributed by atoms with E-state index in [-0.39, 0.29) is 0 Å². The fourth-order valence-electron chi connectivity index (χ4n) is 3.41. The van der Waals surface area contributed by atoms with Gasteiger partial charge in [-0.2, -0.15) is 5.10 Å². The Labute approximate surface area is 127 Å². The second kappa shape index (κ2) is 6.33. The molecular weight excluding hydrogens is 258 g/mol. The number of hydrogen-bond acceptors (Lipinski definition) is 2. The molecule has 1 aromatic heterocycles. The third-order valence-corrected chi connectivity index (χ3v) is 4.70. The van der Waals surface area contributed by atoms with E-state index in [1.165, 1.54) is 56.2 Å². The summed E-state index contributed by atoms with van der Waals surface area (Å²) < 4.78 is 1.91. The van der Waals surface area contributed by atoms with Crippen LogP contribution in [0.2, 0.25) is 0 Å². The van der Waals surface area contributed by atoms with Crippen LogP contribution >= 0.6 is 0 Å². The van der Waals surface area contributed by atoms with Gasteiger partial charge in [0, 0.05) is 11.5 Å². The van der Waals surface area contributed by atoms with Crippen LogP contribution in [0.5, 0.6) is 0 Å². The third-order valence-electron chi connectivity index (χ3n) is 4.70. The number of aromatic nitrogens is 2. The molecule has 3 nitrogen and oxygen atoms in total. The summed E-state index contributed by atoms with van der Waals surface area (Å²) in [5, 5.41) is 4.87. The number of benzene rings is 1. The highest BCUT2D eigenvalue weighted by Crippen LogP contribution is 2.34. The van der Waals surface area contributed by atoms with E-state index in [9.17, 15) is 0 Å². The molecule has 0 unspecified atom stereocenters. The van der Waals surface area contributed by atoms with Crippen molar-refractivity contribution in [2.45, 2.75) is 57.8 Å². The van der Waals surface area contributed by atoms with Gasteiger partial charge in [0.15, 0.2) is 0 Å². The number of nitrogens with zero attached hydrogens (tertiary/aromatic N) is 2. The maximum absolute atomic E-state index is 6.31. The Hall–Kier alpha value is -1.77. The van der Waals surface area contributed by atoms with Gasteiger partial charge in [-0.3, -0.25) is 0 Å². The molecule has 1 aliphatic carbocycles. The van der Waals surface area contributed by atoms with E-state index in [0.717, 1.165) is 11.5 Å². The molecule has 1 aliphatic rings. The molecule has 0 saturated heterocycles. The maximum Gasteiger partial charge on any atom is 0.130 e. The fraction of sp³-hybridized carbons (Fsp3) is 0.500. The second-order valence-corrected chi connectivity index (χ2v) is 6.18. The molecule has 3 rings (SSSR count). The van der Waals surface area contributed by atoms with Crippen molar-refractivity contribution >= 4 is 5.82 Å². The predicted molar refractivity (Wildman–Crippen MR) is 87.8 cm³/mol. The van der Waals surface area contributed by atoms with Gasteiger partial charge in [0.25, 0.3) is 0 Å². The van der Waals surface area contributed by atoms with Crippen molar-refractivity contribution < 1.29 is 0 Å². The molecule has 1 fully saturated rings. The average Bonchev–Trinajstić information content (AvgIpc) is 2.77. The zero-order chi connectivity index (χ0) is 14.7. The summed E-state index contributed by atoms with van der Waals surface area (Å²) in [4.78, 5) is 0. The number of rotatable bonds is 2. The molecule has 0 amide bonds. The Morgan fingerprint density at radius 2 is 1.62 bits per heavy atom. The summed E-state index contributed by atoms with van der Waals surface area (Å²) in [6.07, 6.45) is 9.28. The molecule has 1 aromatic carbocycles. The highest BCUT2D eigenvalue weighted by molar-refractivity contribution is 5.50. The van der Waals surface area contributed by atoms with Crippen LogP contribution in [0.1, 0.15) is 62.1 Å². The number of para-hydroxylation sites is 1. The standard InChI is InChI=1S/C18H25N3/c1-14-17(15-10-6-3-2-4-7-11-15)20-21(18(14)19)16-12-8-5-9-13-16/h5,8-9,12-13,15H,2-4,6-7,10-11,19H2,1H3. The molecule has 21 heavy (non-hydrogen) atoms. The maximum atomic E-state index is 6.31. The summed E-state index contributed by atoms with van der Waals surface area (Å²) in [5.41, 5.74) is 9.75. The van der Waals surface area contributed by atoms with Crippen molar-refractivity contribution in [2.75, 3.05) is 5.73 Å². The van der Waals surface area contributed by atoms with Crippen LogP contribution in [0, 0.1) is 6.92 Å². The average molecular weight is 283 g/mol. The first-order chi connectivity index (χ1) is 10.3. The zero-order valence-electron chi connectivity index (χ0n) is 12.9. The smallest absolute Gasteiger partial charge is 0.130 e. The number of nitrogens with two attached hydrogens (primary N) is 1. The van der Waals surface area contributed by atoms with Gasteiger partial charge >= 0.3 is 0 Å². The lowest BCUT2D eigenvalue weighted by Crippen LogP contribution is -2.05. The first-order valence-electron chi connectivity index (χ1n) is 8.18. The number of nitrogen functional groups attached to an aromatic ring is 1. The molecule has 0 aliphatic heterocycles. The molecule has 1 saturated carbocycles. The van der Waals surface area contributed by atoms with Crippen molar-refractivity contribution in [2.24, 2.45) is 0 Å². The predicted octanol–water partition coefficient (Wildman–Crippen LogP) is 4.59. The van der Waals surface area contributed by atoms with Crippen LogP contribution in [0.15, 0.2) is 30.3 Å². The van der Waals surface area contributed by atoms with Crippen LogP contribution in [-0.4, -0.2) is 9.78 Å². The van der Waals surface area contributed by atoms with Crippen molar-refractivity contribution in [1.29, 1.82) is 0 Å². The summed E-state index contributed by atoms with van der Waals surface area (Å²) in [5.74, 6) is 1.37. The summed E-state index contributed by atoms with van der Waals surface area (Å²) in [6.45, 7) is 2.12. The van der Waals surface area contributed by atoms with E-state index in [1.807, 2.05) is 22.9 Å². The summed E-state index contributed by atoms with van der Waals surface area (Å²) in [6, 6.07) is 10.2. The van der Waals surface area contributed by atoms with Crippen LogP contribution in [0.4, 0.5) is 5.82 Å². The van der Waals surface area contributed by atoms with Crippen LogP contribution in [0.3, 0.4) is 0 Å². The third kappa shape index (κ3) is 2.97. The van der Waals surface area contributed by atoms with E-state index < -0.39 is 0 Å². The largest absolute Gasteiger partial charge is 0.383 e. The van der Waals surface area contributed by atoms with Crippen LogP contribution < -0.4 is 5.73 Å². The van der Waals surface area contributed by atoms with Gasteiger partial charge < -0.3 is 5.73 Å². The van der Waals surface area contributed by atoms with Gasteiger partial charge in [-0.15, -0.1) is 0 Å². The molecular formula is C18H25N3. The minimum Gasteiger partial charge on any atom is -0.383 e. The molecule has 2 aromatic rings. The summed E-state index contributed by atoms with van der Waals surface area (Å²) >= 11 is 0. The highest BCUT2D eigenvalue weighted by Gasteiger charge is 2.21. The molecule has 112 valence electrons. The first kappa shape index (κ1) is 14.2. The monoisotopic (exact) mass is 283 g/mol. The Morgan fingerprint density at radius 1 is 1.00 bits per heavy atom. The fourth-order valence-corrected chi connectivity index (χ4v) is 3.41. The molecule has 0 bridgehead atoms. The first-order valence-corrected chi connectivity index (χ1v) is 8.18. The molecule has 0 radical (unpaired) electrons. The molecule has 0 spiro atoms. The number of anilines is 1. The van der Waals surface area contributed by atoms with E-state index in [1.54, 1.807) is 0 Å². The van der Waals surface area contributed by atoms with E-state index in [0.29, 0.717) is 5.92 Å². The Kier molecular flexibility index (Phi) is 4.28. The van der Waals surface area contributed by atoms with Gasteiger partial charge in [0.1, 0.15) is 5.82 Å². The molecule has 2 N–H and O–H groups in total. The zero-order valence-corrected chi connectivity index (χ0v) is 12.9. The second-order valence-electron chi connectivity index (χ2n) is 6.18. The van der Waals surface area contributed by atoms with E-state index >= 15 is 0 Å². The minimum atomic E-state index is 0.581. The SMILES string of the molecule is Cc1c(C2CCCCCCC2)nn(-c2ccccc2)c1N. The van der Waals surface area contributed by atoms with Gasteiger partial charge in [-0.25, -0.2) is 4.68 Å². The lowest BCUT2D eigenvalue weighted by atomic mass is 9.87. The minimum absolute atomic E-state index is 0.581.